The zero-order valence-electron chi connectivity index (χ0n) is 39.7. The standard InChI is InChI=1S/C68H70/c1-4-12-15-18-21-24-25-26-27-28-29-31(27)34(26)38(25)42(24)47(21)52(18)61(15)65(12)6-7(1)57-8-2-3-9-58-11-5-10-13(11)16-14(10)17-19(16)22-20(17)23-37(22)43-40(23)45-48(43)53-50(45)55-62(53)66(68(58)60(9)59(8)67(57,65)68)63-54-49-44-39-35-32(29)30(28)33(35)36(39)41(44)46(49)51(54)56(63)64(55)66/h7-64H,1-6H2/t7?,8?,9?,10?,11?,12?,13?,14?,15?,16?,17?,18?,19?,20?,21?,22?,23?,24?,25?,26?,27?,28?,29?,30?,31?,32?,33?,34?,35?,36?,37?,38?,39?,40?,41?,42?,43?,44?,45?,46?,47?,48?,49?,50?,51?,52?,53?,54?,55?,56?,57?,58?,59-,60+,61?,62?,63?,64?,65?,66?,67?,68?/m0/s1. The highest BCUT2D eigenvalue weighted by Gasteiger charge is 3.13. The fourth-order valence-electron chi connectivity index (χ4n) is 48.4. The van der Waals surface area contributed by atoms with Gasteiger partial charge >= 0.3 is 0 Å². The van der Waals surface area contributed by atoms with Crippen LogP contribution >= 0.6 is 0 Å². The first kappa shape index (κ1) is 29.9. The minimum Gasteiger partial charge on any atom is -0.0498 e. The van der Waals surface area contributed by atoms with Crippen LogP contribution in [0.5, 0.6) is 0 Å². The Morgan fingerprint density at radius 1 is 0.206 bits per heavy atom. The summed E-state index contributed by atoms with van der Waals surface area (Å²) >= 11 is 0. The summed E-state index contributed by atoms with van der Waals surface area (Å²) in [5, 5.41) is 0. The maximum Gasteiger partial charge on any atom is -0.00969 e. The molecule has 34 aliphatic rings. The Balaban J connectivity index is 0.653. The van der Waals surface area contributed by atoms with Crippen molar-refractivity contribution in [3.8, 4) is 0 Å². The van der Waals surface area contributed by atoms with Crippen molar-refractivity contribution in [2.45, 2.75) is 38.5 Å². The zero-order chi connectivity index (χ0) is 39.7. The second kappa shape index (κ2) is 7.01. The van der Waals surface area contributed by atoms with Crippen molar-refractivity contribution < 1.29 is 0 Å². The quantitative estimate of drug-likeness (QED) is 0.228. The van der Waals surface area contributed by atoms with Crippen LogP contribution in [-0.4, -0.2) is 0 Å². The summed E-state index contributed by atoms with van der Waals surface area (Å²) in [7, 11) is 0. The first-order valence-corrected chi connectivity index (χ1v) is 33.9. The largest absolute Gasteiger partial charge is 0.0498 e. The maximum absolute atomic E-state index is 1.90. The van der Waals surface area contributed by atoms with Gasteiger partial charge in [-0.1, -0.05) is 0 Å². The fourth-order valence-corrected chi connectivity index (χ4v) is 48.4. The molecule has 60 unspecified atom stereocenters. The molecule has 0 heteroatoms. The number of fused-ring (bicyclic) bond motifs is 30. The van der Waals surface area contributed by atoms with Gasteiger partial charge in [0.2, 0.25) is 0 Å². The van der Waals surface area contributed by atoms with E-state index in [1.165, 1.54) is 343 Å². The Kier molecular flexibility index (Phi) is 3.09. The summed E-state index contributed by atoms with van der Waals surface area (Å²) in [6.45, 7) is 0. The molecule has 34 rings (SSSR count). The molecule has 62 atom stereocenters. The summed E-state index contributed by atoms with van der Waals surface area (Å²) in [4.78, 5) is 0. The van der Waals surface area contributed by atoms with E-state index in [4.69, 9.17) is 0 Å². The van der Waals surface area contributed by atoms with Crippen molar-refractivity contribution in [2.75, 3.05) is 0 Å². The van der Waals surface area contributed by atoms with Crippen molar-refractivity contribution in [2.24, 2.45) is 365 Å². The normalized spacial score (nSPS) is 106. The van der Waals surface area contributed by atoms with E-state index in [9.17, 15) is 0 Å². The average Bonchev–Trinajstić information content (AvgIpc) is 3.51. The highest BCUT2D eigenvalue weighted by Crippen LogP contribution is 3.16. The average molecular weight is 887 g/mol. The zero-order valence-corrected chi connectivity index (χ0v) is 39.7. The minimum atomic E-state index is 0.928. The molecule has 0 aliphatic heterocycles. The molecule has 342 valence electrons. The topological polar surface area (TPSA) is 0 Å². The molecular weight excluding hydrogens is 817 g/mol. The molecule has 0 aromatic rings. The van der Waals surface area contributed by atoms with Gasteiger partial charge in [0.05, 0.1) is 0 Å². The van der Waals surface area contributed by atoms with Gasteiger partial charge in [-0.15, -0.1) is 0 Å². The molecule has 0 radical (unpaired) electrons. The number of hydrogen-bond acceptors (Lipinski definition) is 0. The Morgan fingerprint density at radius 2 is 0.574 bits per heavy atom. The molecule has 0 nitrogen and oxygen atoms in total. The highest BCUT2D eigenvalue weighted by atomic mass is 15.2. The summed E-state index contributed by atoms with van der Waals surface area (Å²) in [6, 6.07) is 0. The molecule has 0 saturated heterocycles. The molecule has 0 aromatic carbocycles. The lowest BCUT2D eigenvalue weighted by molar-refractivity contribution is -0.644. The Labute approximate surface area is 401 Å². The molecule has 4 spiro atoms. The lowest BCUT2D eigenvalue weighted by atomic mass is 8.93. The summed E-state index contributed by atoms with van der Waals surface area (Å²) in [5.74, 6) is 76.6. The Morgan fingerprint density at radius 3 is 1.07 bits per heavy atom. The van der Waals surface area contributed by atoms with Crippen molar-refractivity contribution in [1.82, 2.24) is 0 Å². The van der Waals surface area contributed by atoms with Crippen molar-refractivity contribution in [3.63, 3.8) is 0 Å². The minimum absolute atomic E-state index is 0.928. The van der Waals surface area contributed by atoms with E-state index in [2.05, 4.69) is 0 Å². The van der Waals surface area contributed by atoms with Gasteiger partial charge in [-0.3, -0.25) is 0 Å². The number of rotatable bonds is 0. The van der Waals surface area contributed by atoms with Gasteiger partial charge in [-0.25, -0.2) is 0 Å². The molecule has 0 aromatic heterocycles. The lowest BCUT2D eigenvalue weighted by Crippen LogP contribution is -3.08. The van der Waals surface area contributed by atoms with Gasteiger partial charge in [0, 0.05) is 0 Å². The van der Waals surface area contributed by atoms with Crippen LogP contribution in [0.15, 0.2) is 0 Å². The molecule has 34 fully saturated rings. The number of hydrogen-bond donors (Lipinski definition) is 0. The summed E-state index contributed by atoms with van der Waals surface area (Å²) in [5.41, 5.74) is 3.78. The van der Waals surface area contributed by atoms with Crippen LogP contribution in [0.2, 0.25) is 0 Å². The molecule has 68 heavy (non-hydrogen) atoms. The molecule has 0 N–H and O–H groups in total. The summed E-state index contributed by atoms with van der Waals surface area (Å²) in [6.07, 6.45) is 10.9. The van der Waals surface area contributed by atoms with Crippen molar-refractivity contribution in [1.29, 1.82) is 0 Å². The molecular formula is C68H70. The van der Waals surface area contributed by atoms with E-state index in [0.717, 1.165) is 21.7 Å². The van der Waals surface area contributed by atoms with Crippen LogP contribution in [0.25, 0.3) is 0 Å². The van der Waals surface area contributed by atoms with Crippen LogP contribution in [0.3, 0.4) is 0 Å². The Hall–Kier alpha value is 0. The van der Waals surface area contributed by atoms with E-state index >= 15 is 0 Å². The second-order valence-corrected chi connectivity index (χ2v) is 38.9. The van der Waals surface area contributed by atoms with Gasteiger partial charge < -0.3 is 0 Å². The van der Waals surface area contributed by atoms with Crippen LogP contribution < -0.4 is 0 Å². The van der Waals surface area contributed by atoms with E-state index in [-0.39, 0.29) is 0 Å². The van der Waals surface area contributed by atoms with Crippen LogP contribution in [0.4, 0.5) is 0 Å². The lowest BCUT2D eigenvalue weighted by Gasteiger charge is -3.10. The summed E-state index contributed by atoms with van der Waals surface area (Å²) < 4.78 is 0. The van der Waals surface area contributed by atoms with Gasteiger partial charge in [-0.05, 0) is 403 Å². The fraction of sp³-hybridized carbons (Fsp3) is 1.00. The molecule has 2 bridgehead atoms. The Bertz CT molecular complexity index is 3120. The monoisotopic (exact) mass is 887 g/mol. The van der Waals surface area contributed by atoms with Gasteiger partial charge in [0.25, 0.3) is 0 Å². The maximum atomic E-state index is 1.90. The third-order valence-corrected chi connectivity index (χ3v) is 45.1. The molecule has 0 amide bonds. The highest BCUT2D eigenvalue weighted by molar-refractivity contribution is 5.59. The first-order chi connectivity index (χ1) is 33.9. The van der Waals surface area contributed by atoms with Gasteiger partial charge in [0.1, 0.15) is 0 Å². The third-order valence-electron chi connectivity index (χ3n) is 45.1. The van der Waals surface area contributed by atoms with Gasteiger partial charge in [0.15, 0.2) is 0 Å². The third kappa shape index (κ3) is 1.61. The molecule has 34 saturated carbocycles. The SMILES string of the molecule is C1CC2C3C4C5C6C7C8C9C%10C%11C9C8C7C6C5C4C3C23CC1C1C2CCC4C5C6CC7C6C6C7C7C6C6C7C7C6C6C7C7C6C6C7C7C6C6(C8C9C%12C%13C%14C%15C%11C%10C%15C%14C%13C%12C9C8C76)C56[C@H]4[C@H]2C136. The van der Waals surface area contributed by atoms with Crippen LogP contribution in [-0.2, 0) is 0 Å². The van der Waals surface area contributed by atoms with E-state index in [0.29, 0.717) is 0 Å². The predicted octanol–water partition coefficient (Wildman–Crippen LogP) is 9.47. The van der Waals surface area contributed by atoms with Crippen molar-refractivity contribution in [3.05, 3.63) is 0 Å². The van der Waals surface area contributed by atoms with Crippen LogP contribution in [0.1, 0.15) is 38.5 Å². The van der Waals surface area contributed by atoms with Crippen molar-refractivity contribution >= 4 is 0 Å². The van der Waals surface area contributed by atoms with E-state index in [1.807, 2.05) is 12.8 Å². The van der Waals surface area contributed by atoms with Crippen LogP contribution in [0, 0.1) is 365 Å². The predicted molar refractivity (Wildman–Crippen MR) is 240 cm³/mol. The molecule has 0 heterocycles. The van der Waals surface area contributed by atoms with E-state index < -0.39 is 0 Å². The van der Waals surface area contributed by atoms with E-state index in [1.54, 1.807) is 25.7 Å². The van der Waals surface area contributed by atoms with Gasteiger partial charge in [-0.2, -0.15) is 0 Å². The second-order valence-electron chi connectivity index (χ2n) is 38.9. The smallest absolute Gasteiger partial charge is 0.00969 e. The molecule has 34 aliphatic carbocycles. The first-order valence-electron chi connectivity index (χ1n) is 33.9.